The molecule has 0 saturated carbocycles. The number of ether oxygens (including phenoxy) is 2. The molecule has 1 aliphatic rings. The summed E-state index contributed by atoms with van der Waals surface area (Å²) in [7, 11) is 0. The molecular weight excluding hydrogens is 463 g/mol. The Balaban J connectivity index is 1.87. The van der Waals surface area contributed by atoms with Crippen LogP contribution in [0, 0.1) is 0 Å². The Morgan fingerprint density at radius 3 is 2.34 bits per heavy atom. The van der Waals surface area contributed by atoms with Crippen LogP contribution in [0.15, 0.2) is 54.2 Å². The zero-order valence-corrected chi connectivity index (χ0v) is 19.5. The maximum atomic E-state index is 12.8. The van der Waals surface area contributed by atoms with Gasteiger partial charge in [-0.25, -0.2) is 0 Å². The predicted octanol–water partition coefficient (Wildman–Crippen LogP) is 3.94. The second-order valence-corrected chi connectivity index (χ2v) is 8.27. The van der Waals surface area contributed by atoms with Gasteiger partial charge < -0.3 is 20.5 Å². The van der Waals surface area contributed by atoms with Crippen LogP contribution in [0.5, 0.6) is 11.5 Å². The summed E-state index contributed by atoms with van der Waals surface area (Å²) in [5.41, 5.74) is 6.41. The molecule has 1 atom stereocenters. The van der Waals surface area contributed by atoms with Gasteiger partial charge in [0.1, 0.15) is 17.2 Å². The summed E-state index contributed by atoms with van der Waals surface area (Å²) in [6, 6.07) is 9.45. The molecule has 35 heavy (non-hydrogen) atoms. The third kappa shape index (κ3) is 7.56. The van der Waals surface area contributed by atoms with Gasteiger partial charge in [0.2, 0.25) is 0 Å². The van der Waals surface area contributed by atoms with Crippen LogP contribution in [-0.4, -0.2) is 42.9 Å². The number of hydrogen-bond acceptors (Lipinski definition) is 6. The zero-order valence-electron chi connectivity index (χ0n) is 19.5. The van der Waals surface area contributed by atoms with Crippen LogP contribution in [0.2, 0.25) is 0 Å². The van der Waals surface area contributed by atoms with Crippen LogP contribution in [0.1, 0.15) is 36.6 Å². The van der Waals surface area contributed by atoms with Crippen molar-refractivity contribution in [3.05, 3.63) is 70.9 Å². The molecule has 2 aromatic carbocycles. The summed E-state index contributed by atoms with van der Waals surface area (Å²) in [6.45, 7) is 6.43. The Labute approximate surface area is 201 Å². The minimum absolute atomic E-state index is 0.00686. The zero-order chi connectivity index (χ0) is 25.6. The fourth-order valence-electron chi connectivity index (χ4n) is 3.75. The molecule has 7 nitrogen and oxygen atoms in total. The highest BCUT2D eigenvalue weighted by Gasteiger charge is 2.30. The number of carbonyl (C=O) groups is 2. The number of ketones is 1. The van der Waals surface area contributed by atoms with Gasteiger partial charge in [-0.2, -0.15) is 13.2 Å². The van der Waals surface area contributed by atoms with E-state index in [9.17, 15) is 22.8 Å². The van der Waals surface area contributed by atoms with E-state index >= 15 is 0 Å². The van der Waals surface area contributed by atoms with Crippen LogP contribution < -0.4 is 15.8 Å². The molecule has 188 valence electrons. The van der Waals surface area contributed by atoms with Crippen molar-refractivity contribution >= 4 is 11.7 Å². The summed E-state index contributed by atoms with van der Waals surface area (Å²) >= 11 is 0. The Morgan fingerprint density at radius 2 is 1.77 bits per heavy atom. The van der Waals surface area contributed by atoms with Crippen molar-refractivity contribution in [2.75, 3.05) is 26.3 Å². The Hall–Kier alpha value is -3.37. The van der Waals surface area contributed by atoms with Crippen LogP contribution in [0.4, 0.5) is 13.2 Å². The summed E-state index contributed by atoms with van der Waals surface area (Å²) in [4.78, 5) is 25.5. The summed E-state index contributed by atoms with van der Waals surface area (Å²) in [5.74, 6) is -0.329. The van der Waals surface area contributed by atoms with Gasteiger partial charge in [-0.1, -0.05) is 6.07 Å². The lowest BCUT2D eigenvalue weighted by molar-refractivity contribution is -0.137. The number of alkyl halides is 3. The molecule has 1 aliphatic heterocycles. The first-order valence-corrected chi connectivity index (χ1v) is 11.1. The van der Waals surface area contributed by atoms with E-state index in [2.05, 4.69) is 10.2 Å². The van der Waals surface area contributed by atoms with Crippen molar-refractivity contribution in [1.29, 1.82) is 0 Å². The monoisotopic (exact) mass is 491 g/mol. The molecule has 0 spiro atoms. The molecule has 3 N–H and O–H groups in total. The number of hydrogen-bond donors (Lipinski definition) is 2. The van der Waals surface area contributed by atoms with Gasteiger partial charge in [0.25, 0.3) is 5.91 Å². The molecule has 3 rings (SSSR count). The highest BCUT2D eigenvalue weighted by Crippen LogP contribution is 2.32. The van der Waals surface area contributed by atoms with E-state index in [-0.39, 0.29) is 23.3 Å². The highest BCUT2D eigenvalue weighted by molar-refractivity contribution is 5.99. The minimum atomic E-state index is -4.42. The van der Waals surface area contributed by atoms with E-state index in [1.54, 1.807) is 6.07 Å². The van der Waals surface area contributed by atoms with Gasteiger partial charge in [0.05, 0.1) is 18.8 Å². The first-order valence-electron chi connectivity index (χ1n) is 11.1. The minimum Gasteiger partial charge on any atom is -0.457 e. The van der Waals surface area contributed by atoms with Crippen LogP contribution in [0.3, 0.4) is 0 Å². The molecule has 2 aromatic rings. The summed E-state index contributed by atoms with van der Waals surface area (Å²) in [6.07, 6.45) is -3.27. The second kappa shape index (κ2) is 11.4. The lowest BCUT2D eigenvalue weighted by Crippen LogP contribution is -2.36. The number of nitrogens with two attached hydrogens (primary N) is 1. The second-order valence-electron chi connectivity index (χ2n) is 8.27. The van der Waals surface area contributed by atoms with E-state index in [1.165, 1.54) is 19.1 Å². The van der Waals surface area contributed by atoms with Crippen molar-refractivity contribution in [2.45, 2.75) is 32.6 Å². The van der Waals surface area contributed by atoms with Gasteiger partial charge in [-0.15, -0.1) is 0 Å². The number of nitrogens with one attached hydrogen (secondary N) is 1. The Bertz CT molecular complexity index is 1080. The molecule has 1 saturated heterocycles. The highest BCUT2D eigenvalue weighted by atomic mass is 19.4. The first kappa shape index (κ1) is 26.2. The number of allylic oxidation sites excluding steroid dienone is 1. The van der Waals surface area contributed by atoms with Crippen molar-refractivity contribution < 1.29 is 32.2 Å². The summed E-state index contributed by atoms with van der Waals surface area (Å²) < 4.78 is 49.8. The normalized spacial score (nSPS) is 16.0. The van der Waals surface area contributed by atoms with E-state index in [0.29, 0.717) is 25.5 Å². The third-order valence-electron chi connectivity index (χ3n) is 5.48. The number of morpholine rings is 1. The quantitative estimate of drug-likeness (QED) is 0.516. The largest absolute Gasteiger partial charge is 0.457 e. The lowest BCUT2D eigenvalue weighted by atomic mass is 9.99. The van der Waals surface area contributed by atoms with Crippen molar-refractivity contribution in [3.63, 3.8) is 0 Å². The molecule has 0 aliphatic carbocycles. The third-order valence-corrected chi connectivity index (χ3v) is 5.48. The maximum Gasteiger partial charge on any atom is 0.416 e. The SMILES string of the molecule is CC(=O)C=C(NC(C)c1ccc(Oc2ccc(C(F)(F)F)cc2)cc1CN1CCOCC1)C(N)=O. The predicted molar refractivity (Wildman–Crippen MR) is 124 cm³/mol. The number of amides is 1. The average molecular weight is 492 g/mol. The molecule has 1 heterocycles. The van der Waals surface area contributed by atoms with Crippen molar-refractivity contribution in [2.24, 2.45) is 5.73 Å². The van der Waals surface area contributed by atoms with Gasteiger partial charge in [-0.05, 0) is 61.4 Å². The number of nitrogens with zero attached hydrogens (tertiary/aromatic N) is 1. The van der Waals surface area contributed by atoms with E-state index < -0.39 is 17.6 Å². The molecule has 0 bridgehead atoms. The van der Waals surface area contributed by atoms with Gasteiger partial charge >= 0.3 is 6.18 Å². The molecule has 1 unspecified atom stereocenters. The molecule has 0 aromatic heterocycles. The van der Waals surface area contributed by atoms with Crippen molar-refractivity contribution in [1.82, 2.24) is 10.2 Å². The number of halogens is 3. The lowest BCUT2D eigenvalue weighted by Gasteiger charge is -2.29. The average Bonchev–Trinajstić information content (AvgIpc) is 2.79. The molecular formula is C25H28F3N3O4. The van der Waals surface area contributed by atoms with Gasteiger partial charge in [-0.3, -0.25) is 14.5 Å². The number of carbonyl (C=O) groups excluding carboxylic acids is 2. The fraction of sp³-hybridized carbons (Fsp3) is 0.360. The van der Waals surface area contributed by atoms with Crippen LogP contribution in [0.25, 0.3) is 0 Å². The standard InChI is InChI=1S/C25H28F3N3O4/c1-16(32)13-23(24(29)33)30-17(2)22-8-7-21(14-18(22)15-31-9-11-34-12-10-31)35-20-5-3-19(4-6-20)25(26,27)28/h3-8,13-14,17,30H,9-12,15H2,1-2H3,(H2,29,33). The number of benzene rings is 2. The van der Waals surface area contributed by atoms with E-state index in [1.807, 2.05) is 19.1 Å². The molecule has 10 heteroatoms. The fourth-order valence-corrected chi connectivity index (χ4v) is 3.75. The Morgan fingerprint density at radius 1 is 1.14 bits per heavy atom. The number of primary amides is 1. The van der Waals surface area contributed by atoms with Gasteiger partial charge in [0, 0.05) is 31.8 Å². The van der Waals surface area contributed by atoms with Crippen molar-refractivity contribution in [3.8, 4) is 11.5 Å². The van der Waals surface area contributed by atoms with E-state index in [4.69, 9.17) is 15.2 Å². The Kier molecular flexibility index (Phi) is 8.52. The topological polar surface area (TPSA) is 93.9 Å². The molecule has 1 fully saturated rings. The maximum absolute atomic E-state index is 12.8. The molecule has 1 amide bonds. The van der Waals surface area contributed by atoms with Crippen LogP contribution >= 0.6 is 0 Å². The first-order chi connectivity index (χ1) is 16.5. The number of rotatable bonds is 9. The van der Waals surface area contributed by atoms with Gasteiger partial charge in [0.15, 0.2) is 5.78 Å². The molecule has 0 radical (unpaired) electrons. The summed E-state index contributed by atoms with van der Waals surface area (Å²) in [5, 5.41) is 3.01. The smallest absolute Gasteiger partial charge is 0.416 e. The van der Waals surface area contributed by atoms with Crippen LogP contribution in [-0.2, 0) is 27.0 Å². The van der Waals surface area contributed by atoms with E-state index in [0.717, 1.165) is 42.4 Å².